The molecule has 0 amide bonds. The van der Waals surface area contributed by atoms with Gasteiger partial charge in [0, 0.05) is 67.0 Å². The maximum Gasteiger partial charge on any atom is 0.252 e. The molecule has 0 saturated carbocycles. The summed E-state index contributed by atoms with van der Waals surface area (Å²) >= 11 is 0. The van der Waals surface area contributed by atoms with Crippen LogP contribution in [0.25, 0.3) is 77.2 Å². The number of aromatic nitrogens is 2. The van der Waals surface area contributed by atoms with E-state index in [-0.39, 0.29) is 43.6 Å². The Bertz CT molecular complexity index is 4750. The molecule has 0 radical (unpaired) electrons. The van der Waals surface area contributed by atoms with Gasteiger partial charge < -0.3 is 18.9 Å². The molecule has 0 spiro atoms. The lowest BCUT2D eigenvalue weighted by Gasteiger charge is -2.44. The molecule has 0 saturated heterocycles. The molecule has 0 N–H and O–H groups in total. The van der Waals surface area contributed by atoms with E-state index in [1.807, 2.05) is 140 Å². The van der Waals surface area contributed by atoms with Crippen molar-refractivity contribution in [3.8, 4) is 33.6 Å². The fourth-order valence-corrected chi connectivity index (χ4v) is 11.0. The lowest BCUT2D eigenvalue weighted by Crippen LogP contribution is -2.61. The maximum atomic E-state index is 9.41. The van der Waals surface area contributed by atoms with Crippen LogP contribution in [0.5, 0.6) is 0 Å². The molecule has 2 aromatic heterocycles. The average Bonchev–Trinajstić information content (AvgIpc) is 1.71. The van der Waals surface area contributed by atoms with Crippen molar-refractivity contribution in [2.45, 2.75) is 0 Å². The minimum Gasteiger partial charge on any atom is -0.311 e. The van der Waals surface area contributed by atoms with Crippen molar-refractivity contribution in [1.29, 1.82) is 0 Å². The SMILES string of the molecule is [2H]c1c([2H])c([2H])c2c(c1[2H])c1c([2H])c([2H])c([2H])c([2H])c1n2-c1ccc2c(c1)N(c1cccc(-c3ccccc3)c1)c1cccc3c1B2c1ccc(-n2c4c([2H])c([2H])c([2H])c([2H])c4c4c([2H])c([2H])c([2H])c([2H])c42)cc1N3c1cccc(-c2ccccc2)c1. The Balaban J connectivity index is 1.06. The second-order valence-electron chi connectivity index (χ2n) is 17.7. The summed E-state index contributed by atoms with van der Waals surface area (Å²) in [6.07, 6.45) is 0. The predicted molar refractivity (Wildman–Crippen MR) is 300 cm³/mol. The van der Waals surface area contributed by atoms with E-state index in [0.717, 1.165) is 61.4 Å². The van der Waals surface area contributed by atoms with Gasteiger partial charge in [-0.2, -0.15) is 0 Å². The summed E-state index contributed by atoms with van der Waals surface area (Å²) in [6.45, 7) is -0.591. The van der Waals surface area contributed by atoms with Crippen LogP contribution in [0.15, 0.2) is 260 Å². The van der Waals surface area contributed by atoms with E-state index in [9.17, 15) is 11.0 Å². The van der Waals surface area contributed by atoms with Crippen LogP contribution >= 0.6 is 0 Å². The van der Waals surface area contributed by atoms with Crippen molar-refractivity contribution in [1.82, 2.24) is 9.13 Å². The minimum atomic E-state index is -0.591. The van der Waals surface area contributed by atoms with Crippen LogP contribution < -0.4 is 26.2 Å². The first kappa shape index (κ1) is 27.0. The zero-order valence-corrected chi connectivity index (χ0v) is 37.5. The number of benzene rings is 11. The van der Waals surface area contributed by atoms with Crippen molar-refractivity contribution in [2.24, 2.45) is 0 Å². The monoisotopic (exact) mass is 918 g/mol. The van der Waals surface area contributed by atoms with Gasteiger partial charge in [0.25, 0.3) is 6.71 Å². The quantitative estimate of drug-likeness (QED) is 0.155. The normalized spacial score (nSPS) is 15.9. The van der Waals surface area contributed by atoms with E-state index < -0.39 is 103 Å². The third-order valence-corrected chi connectivity index (χ3v) is 14.0. The second kappa shape index (κ2) is 15.6. The van der Waals surface area contributed by atoms with Crippen LogP contribution in [0.2, 0.25) is 0 Å². The van der Waals surface area contributed by atoms with E-state index in [1.165, 1.54) is 9.13 Å². The van der Waals surface area contributed by atoms with Crippen molar-refractivity contribution in [3.63, 3.8) is 0 Å². The number of hydrogen-bond donors (Lipinski definition) is 0. The summed E-state index contributed by atoms with van der Waals surface area (Å²) < 4.78 is 148. The molecule has 0 bridgehead atoms. The largest absolute Gasteiger partial charge is 0.311 e. The molecule has 13 aromatic rings. The van der Waals surface area contributed by atoms with E-state index in [0.29, 0.717) is 22.7 Å². The first-order valence-corrected chi connectivity index (χ1v) is 23.2. The summed E-state index contributed by atoms with van der Waals surface area (Å²) in [5, 5.41) is -0.200. The van der Waals surface area contributed by atoms with Crippen LogP contribution in [0.3, 0.4) is 0 Å². The molecule has 71 heavy (non-hydrogen) atoms. The predicted octanol–water partition coefficient (Wildman–Crippen LogP) is 15.3. The molecule has 0 aliphatic carbocycles. The van der Waals surface area contributed by atoms with Crippen molar-refractivity contribution in [3.05, 3.63) is 260 Å². The second-order valence-corrected chi connectivity index (χ2v) is 17.7. The minimum absolute atomic E-state index is 0.0252. The molecule has 330 valence electrons. The lowest BCUT2D eigenvalue weighted by molar-refractivity contribution is 1.17. The van der Waals surface area contributed by atoms with Crippen LogP contribution in [0, 0.1) is 0 Å². The Hall–Kier alpha value is -9.32. The standard InChI is InChI=1S/C66H43BN4/c1-3-18-44(19-4-1)46-22-15-24-48(40-46)70-62-34-17-35-63-66(62)67(56-38-36-50(42-64(56)70)68-58-30-11-7-26-52(58)53-27-8-12-31-59(53)68)57-39-37-51(69-60-32-13-9-28-54(60)55-29-10-14-33-61(55)69)43-65(57)71(63)49-25-16-23-47(41-49)45-20-5-2-6-21-45/h1-43H/i7D,8D,9D,10D,11D,12D,13D,14D,26D,27D,28D,29D,30D,31D,32D,33D. The molecule has 0 fully saturated rings. The molecule has 11 aromatic carbocycles. The smallest absolute Gasteiger partial charge is 0.252 e. The summed E-state index contributed by atoms with van der Waals surface area (Å²) in [6, 6.07) is 45.6. The number of hydrogen-bond acceptors (Lipinski definition) is 2. The fraction of sp³-hybridized carbons (Fsp3) is 0. The third kappa shape index (κ3) is 6.00. The zero-order valence-electron chi connectivity index (χ0n) is 53.5. The van der Waals surface area contributed by atoms with Crippen LogP contribution in [0.4, 0.5) is 34.1 Å². The Morgan fingerprint density at radius 3 is 1.07 bits per heavy atom. The summed E-state index contributed by atoms with van der Waals surface area (Å²) in [5.41, 5.74) is 11.1. The average molecular weight is 919 g/mol. The van der Waals surface area contributed by atoms with E-state index in [2.05, 4.69) is 21.9 Å². The molecule has 15 rings (SSSR count). The van der Waals surface area contributed by atoms with Gasteiger partial charge in [0.1, 0.15) is 0 Å². The fourth-order valence-electron chi connectivity index (χ4n) is 11.0. The maximum absolute atomic E-state index is 9.41. The van der Waals surface area contributed by atoms with E-state index in [4.69, 9.17) is 11.0 Å². The van der Waals surface area contributed by atoms with Crippen LogP contribution in [0.1, 0.15) is 21.9 Å². The molecule has 4 heterocycles. The Kier molecular flexibility index (Phi) is 5.94. The van der Waals surface area contributed by atoms with Gasteiger partial charge in [-0.05, 0) is 123 Å². The molecule has 2 aliphatic rings. The van der Waals surface area contributed by atoms with E-state index >= 15 is 0 Å². The highest BCUT2D eigenvalue weighted by Crippen LogP contribution is 2.47. The van der Waals surface area contributed by atoms with Gasteiger partial charge in [-0.25, -0.2) is 0 Å². The van der Waals surface area contributed by atoms with Gasteiger partial charge >= 0.3 is 0 Å². The number of rotatable bonds is 6. The van der Waals surface area contributed by atoms with Gasteiger partial charge in [0.05, 0.1) is 44.0 Å². The molecule has 5 heteroatoms. The topological polar surface area (TPSA) is 16.3 Å². The van der Waals surface area contributed by atoms with Gasteiger partial charge in [-0.1, -0.05) is 176 Å². The van der Waals surface area contributed by atoms with Gasteiger partial charge in [0.2, 0.25) is 0 Å². The first-order valence-electron chi connectivity index (χ1n) is 31.2. The zero-order chi connectivity index (χ0) is 60.5. The van der Waals surface area contributed by atoms with Crippen LogP contribution in [-0.4, -0.2) is 15.8 Å². The van der Waals surface area contributed by atoms with Gasteiger partial charge in [-0.15, -0.1) is 0 Å². The number of anilines is 6. The summed E-state index contributed by atoms with van der Waals surface area (Å²) in [7, 11) is 0. The van der Waals surface area contributed by atoms with E-state index in [1.54, 1.807) is 12.1 Å². The molecular formula is C66H43BN4. The molecule has 0 atom stereocenters. The Labute approximate surface area is 434 Å². The third-order valence-electron chi connectivity index (χ3n) is 14.0. The number of para-hydroxylation sites is 4. The molecule has 2 aliphatic heterocycles. The lowest BCUT2D eigenvalue weighted by atomic mass is 9.33. The Morgan fingerprint density at radius 2 is 0.662 bits per heavy atom. The number of nitrogens with zero attached hydrogens (tertiary/aromatic N) is 4. The highest BCUT2D eigenvalue weighted by Gasteiger charge is 2.43. The van der Waals surface area contributed by atoms with Crippen molar-refractivity contribution < 1.29 is 21.9 Å². The highest BCUT2D eigenvalue weighted by molar-refractivity contribution is 7.00. The highest BCUT2D eigenvalue weighted by atomic mass is 15.2. The van der Waals surface area contributed by atoms with Crippen molar-refractivity contribution in [2.75, 3.05) is 9.80 Å². The Morgan fingerprint density at radius 1 is 0.296 bits per heavy atom. The molecule has 4 nitrogen and oxygen atoms in total. The summed E-state index contributed by atoms with van der Waals surface area (Å²) in [4.78, 5) is 4.30. The van der Waals surface area contributed by atoms with Crippen molar-refractivity contribution >= 4 is 101 Å². The van der Waals surface area contributed by atoms with Gasteiger partial charge in [-0.3, -0.25) is 0 Å². The molecular weight excluding hydrogens is 860 g/mol. The molecule has 0 unspecified atom stereocenters. The van der Waals surface area contributed by atoms with Crippen LogP contribution in [-0.2, 0) is 0 Å². The first-order chi connectivity index (χ1) is 41.9. The van der Waals surface area contributed by atoms with Gasteiger partial charge in [0.15, 0.2) is 0 Å². The summed E-state index contributed by atoms with van der Waals surface area (Å²) in [5.74, 6) is 0. The number of fused-ring (bicyclic) bond motifs is 10.